The number of thioether (sulfide) groups is 1. The maximum absolute atomic E-state index is 13.0. The Bertz CT molecular complexity index is 687. The highest BCUT2D eigenvalue weighted by molar-refractivity contribution is 8.15. The van der Waals surface area contributed by atoms with Crippen LogP contribution in [0.2, 0.25) is 0 Å². The van der Waals surface area contributed by atoms with Gasteiger partial charge >= 0.3 is 0 Å². The Labute approximate surface area is 157 Å². The molecule has 1 aliphatic heterocycles. The summed E-state index contributed by atoms with van der Waals surface area (Å²) in [7, 11) is 0. The maximum Gasteiger partial charge on any atom is 0.242 e. The Morgan fingerprint density at radius 3 is 2.62 bits per heavy atom. The normalized spacial score (nSPS) is 22.8. The third-order valence-corrected chi connectivity index (χ3v) is 5.90. The van der Waals surface area contributed by atoms with E-state index in [4.69, 9.17) is 0 Å². The summed E-state index contributed by atoms with van der Waals surface area (Å²) in [5, 5.41) is 3.19. The lowest BCUT2D eigenvalue weighted by Crippen LogP contribution is -2.39. The van der Waals surface area contributed by atoms with Crippen LogP contribution in [0.15, 0.2) is 29.3 Å². The number of amidine groups is 1. The number of hydrogen-bond acceptors (Lipinski definition) is 4. The molecule has 2 amide bonds. The zero-order chi connectivity index (χ0) is 18.5. The van der Waals surface area contributed by atoms with E-state index in [0.717, 1.165) is 25.7 Å². The van der Waals surface area contributed by atoms with Gasteiger partial charge in [0.1, 0.15) is 11.1 Å². The standard InChI is InChI=1S/C19H24FN3O2S/c1-2-23-18(25)16(12-17(24)21-14-6-4-3-5-7-14)26-19(23)22-15-10-8-13(20)9-11-15/h8-11,14,16H,2-7,12H2,1H3,(H,21,24). The number of nitrogens with zero attached hydrogens (tertiary/aromatic N) is 2. The van der Waals surface area contributed by atoms with Crippen LogP contribution in [-0.4, -0.2) is 39.7 Å². The third kappa shape index (κ3) is 4.63. The van der Waals surface area contributed by atoms with Gasteiger partial charge in [-0.25, -0.2) is 9.38 Å². The molecule has 1 saturated heterocycles. The number of hydrogen-bond donors (Lipinski definition) is 1. The number of nitrogens with one attached hydrogen (secondary N) is 1. The van der Waals surface area contributed by atoms with Crippen LogP contribution in [0.5, 0.6) is 0 Å². The number of aliphatic imine (C=N–C) groups is 1. The highest BCUT2D eigenvalue weighted by Crippen LogP contribution is 2.31. The summed E-state index contributed by atoms with van der Waals surface area (Å²) in [5.41, 5.74) is 0.590. The number of carbonyl (C=O) groups is 2. The molecular weight excluding hydrogens is 353 g/mol. The van der Waals surface area contributed by atoms with Crippen molar-refractivity contribution in [1.82, 2.24) is 10.2 Å². The number of rotatable bonds is 5. The van der Waals surface area contributed by atoms with Gasteiger partial charge in [0.05, 0.1) is 5.69 Å². The van der Waals surface area contributed by atoms with E-state index >= 15 is 0 Å². The van der Waals surface area contributed by atoms with Gasteiger partial charge in [0.25, 0.3) is 0 Å². The van der Waals surface area contributed by atoms with E-state index in [-0.39, 0.29) is 30.1 Å². The van der Waals surface area contributed by atoms with Crippen molar-refractivity contribution in [2.75, 3.05) is 6.54 Å². The third-order valence-electron chi connectivity index (χ3n) is 4.73. The van der Waals surface area contributed by atoms with E-state index in [2.05, 4.69) is 10.3 Å². The molecule has 2 fully saturated rings. The summed E-state index contributed by atoms with van der Waals surface area (Å²) < 4.78 is 13.0. The van der Waals surface area contributed by atoms with E-state index < -0.39 is 5.25 Å². The topological polar surface area (TPSA) is 61.8 Å². The first-order valence-corrected chi connectivity index (χ1v) is 10.1. The van der Waals surface area contributed by atoms with Crippen molar-refractivity contribution in [3.05, 3.63) is 30.1 Å². The summed E-state index contributed by atoms with van der Waals surface area (Å²) in [5.74, 6) is -0.479. The highest BCUT2D eigenvalue weighted by atomic mass is 32.2. The lowest BCUT2D eigenvalue weighted by atomic mass is 9.95. The van der Waals surface area contributed by atoms with Gasteiger partial charge in [0.15, 0.2) is 5.17 Å². The Balaban J connectivity index is 1.64. The van der Waals surface area contributed by atoms with Gasteiger partial charge in [0, 0.05) is 19.0 Å². The van der Waals surface area contributed by atoms with Crippen LogP contribution in [0.3, 0.4) is 0 Å². The van der Waals surface area contributed by atoms with Crippen LogP contribution in [0.1, 0.15) is 45.4 Å². The Kier molecular flexibility index (Phi) is 6.29. The smallest absolute Gasteiger partial charge is 0.242 e. The van der Waals surface area contributed by atoms with Crippen molar-refractivity contribution in [3.63, 3.8) is 0 Å². The molecule has 3 rings (SSSR count). The molecule has 0 aromatic heterocycles. The molecule has 1 saturated carbocycles. The molecule has 1 unspecified atom stereocenters. The monoisotopic (exact) mass is 377 g/mol. The van der Waals surface area contributed by atoms with Crippen LogP contribution < -0.4 is 5.32 Å². The molecule has 1 heterocycles. The van der Waals surface area contributed by atoms with Crippen molar-refractivity contribution in [3.8, 4) is 0 Å². The fourth-order valence-corrected chi connectivity index (χ4v) is 4.57. The van der Waals surface area contributed by atoms with Crippen molar-refractivity contribution >= 4 is 34.4 Å². The maximum atomic E-state index is 13.0. The van der Waals surface area contributed by atoms with Crippen molar-refractivity contribution < 1.29 is 14.0 Å². The minimum Gasteiger partial charge on any atom is -0.353 e. The first kappa shape index (κ1) is 18.9. The molecule has 7 heteroatoms. The molecule has 0 spiro atoms. The van der Waals surface area contributed by atoms with Crippen LogP contribution in [0, 0.1) is 5.82 Å². The number of amides is 2. The minimum atomic E-state index is -0.447. The van der Waals surface area contributed by atoms with Crippen molar-refractivity contribution in [2.24, 2.45) is 4.99 Å². The molecule has 5 nitrogen and oxygen atoms in total. The van der Waals surface area contributed by atoms with Crippen molar-refractivity contribution in [1.29, 1.82) is 0 Å². The lowest BCUT2D eigenvalue weighted by Gasteiger charge is -2.23. The second-order valence-corrected chi connectivity index (χ2v) is 7.84. The minimum absolute atomic E-state index is 0.0677. The number of benzene rings is 1. The SMILES string of the molecule is CCN1C(=O)C(CC(=O)NC2CCCCC2)SC1=Nc1ccc(F)cc1. The van der Waals surface area contributed by atoms with E-state index in [0.29, 0.717) is 17.4 Å². The van der Waals surface area contributed by atoms with Gasteiger partial charge in [0.2, 0.25) is 11.8 Å². The predicted octanol–water partition coefficient (Wildman–Crippen LogP) is 3.62. The molecule has 2 aliphatic rings. The molecule has 1 aromatic rings. The average molecular weight is 377 g/mol. The summed E-state index contributed by atoms with van der Waals surface area (Å²) in [6.07, 6.45) is 5.75. The fourth-order valence-electron chi connectivity index (χ4n) is 3.34. The van der Waals surface area contributed by atoms with Crippen LogP contribution in [-0.2, 0) is 9.59 Å². The molecule has 1 aliphatic carbocycles. The summed E-state index contributed by atoms with van der Waals surface area (Å²) in [6.45, 7) is 2.37. The molecule has 0 radical (unpaired) electrons. The van der Waals surface area contributed by atoms with Crippen LogP contribution in [0.25, 0.3) is 0 Å². The van der Waals surface area contributed by atoms with Crippen LogP contribution in [0.4, 0.5) is 10.1 Å². The Hall–Kier alpha value is -1.89. The second-order valence-electron chi connectivity index (χ2n) is 6.67. The molecule has 1 aromatic carbocycles. The van der Waals surface area contributed by atoms with Crippen molar-refractivity contribution in [2.45, 2.75) is 56.7 Å². The van der Waals surface area contributed by atoms with Gasteiger partial charge in [-0.3, -0.25) is 14.5 Å². The first-order valence-electron chi connectivity index (χ1n) is 9.18. The van der Waals surface area contributed by atoms with E-state index in [9.17, 15) is 14.0 Å². The second kappa shape index (κ2) is 8.66. The Morgan fingerprint density at radius 2 is 1.96 bits per heavy atom. The zero-order valence-electron chi connectivity index (χ0n) is 14.9. The molecule has 26 heavy (non-hydrogen) atoms. The molecule has 1 N–H and O–H groups in total. The molecule has 140 valence electrons. The number of carbonyl (C=O) groups excluding carboxylic acids is 2. The highest BCUT2D eigenvalue weighted by Gasteiger charge is 2.38. The van der Waals surface area contributed by atoms with Gasteiger partial charge in [-0.15, -0.1) is 0 Å². The van der Waals surface area contributed by atoms with E-state index in [1.165, 1.54) is 30.3 Å². The summed E-state index contributed by atoms with van der Waals surface area (Å²) in [6, 6.07) is 6.07. The van der Waals surface area contributed by atoms with Gasteiger partial charge in [-0.05, 0) is 44.0 Å². The zero-order valence-corrected chi connectivity index (χ0v) is 15.7. The summed E-state index contributed by atoms with van der Waals surface area (Å²) >= 11 is 1.31. The quantitative estimate of drug-likeness (QED) is 0.853. The van der Waals surface area contributed by atoms with E-state index in [1.54, 1.807) is 17.0 Å². The lowest BCUT2D eigenvalue weighted by molar-refractivity contribution is -0.129. The Morgan fingerprint density at radius 1 is 1.27 bits per heavy atom. The summed E-state index contributed by atoms with van der Waals surface area (Å²) in [4.78, 5) is 31.0. The molecule has 1 atom stereocenters. The van der Waals surface area contributed by atoms with Gasteiger partial charge in [-0.2, -0.15) is 0 Å². The fraction of sp³-hybridized carbons (Fsp3) is 0.526. The molecule has 0 bridgehead atoms. The number of halogens is 1. The molecular formula is C19H24FN3O2S. The first-order chi connectivity index (χ1) is 12.6. The average Bonchev–Trinajstić information content (AvgIpc) is 2.92. The largest absolute Gasteiger partial charge is 0.353 e. The predicted molar refractivity (Wildman–Crippen MR) is 102 cm³/mol. The van der Waals surface area contributed by atoms with E-state index in [1.807, 2.05) is 6.92 Å². The van der Waals surface area contributed by atoms with Gasteiger partial charge in [-0.1, -0.05) is 31.0 Å². The van der Waals surface area contributed by atoms with Crippen LogP contribution >= 0.6 is 11.8 Å². The van der Waals surface area contributed by atoms with Gasteiger partial charge < -0.3 is 5.32 Å².